The van der Waals surface area contributed by atoms with Crippen molar-refractivity contribution in [3.63, 3.8) is 0 Å². The van der Waals surface area contributed by atoms with Crippen LogP contribution < -0.4 is 16.2 Å². The van der Waals surface area contributed by atoms with Gasteiger partial charge in [0.05, 0.1) is 12.0 Å². The predicted molar refractivity (Wildman–Crippen MR) is 133 cm³/mol. The zero-order valence-electron chi connectivity index (χ0n) is 20.1. The molecule has 1 aliphatic rings. The minimum absolute atomic E-state index is 0.0893. The van der Waals surface area contributed by atoms with Gasteiger partial charge in [-0.25, -0.2) is 4.79 Å². The zero-order valence-corrected chi connectivity index (χ0v) is 20.1. The van der Waals surface area contributed by atoms with Gasteiger partial charge in [-0.05, 0) is 67.2 Å². The number of hydrogen-bond acceptors (Lipinski definition) is 7. The molecule has 182 valence electrons. The first kappa shape index (κ1) is 25.3. The molecule has 1 aliphatic carbocycles. The van der Waals surface area contributed by atoms with Crippen LogP contribution in [0, 0.1) is 5.92 Å². The number of carbonyl (C=O) groups is 2. The molecule has 0 atom stereocenters. The quantitative estimate of drug-likeness (QED) is 0.255. The van der Waals surface area contributed by atoms with Gasteiger partial charge in [0.2, 0.25) is 0 Å². The number of nitrogen functional groups attached to an aromatic ring is 2. The number of hydrogen-bond donors (Lipinski definition) is 2. The van der Waals surface area contributed by atoms with Crippen molar-refractivity contribution in [1.82, 2.24) is 0 Å². The van der Waals surface area contributed by atoms with Crippen LogP contribution in [0.1, 0.15) is 50.7 Å². The Kier molecular flexibility index (Phi) is 8.34. The number of nitrogens with two attached hydrogens (primary N) is 2. The highest BCUT2D eigenvalue weighted by Crippen LogP contribution is 2.30. The van der Waals surface area contributed by atoms with Gasteiger partial charge in [-0.1, -0.05) is 32.0 Å². The molecule has 2 aromatic rings. The Morgan fingerprint density at radius 1 is 1.03 bits per heavy atom. The molecule has 0 amide bonds. The molecule has 0 heterocycles. The van der Waals surface area contributed by atoms with E-state index in [0.717, 1.165) is 36.8 Å². The van der Waals surface area contributed by atoms with E-state index < -0.39 is 11.4 Å². The average molecular weight is 467 g/mol. The lowest BCUT2D eigenvalue weighted by Crippen LogP contribution is -2.28. The van der Waals surface area contributed by atoms with E-state index in [2.05, 4.69) is 0 Å². The maximum Gasteiger partial charge on any atom is 0.330 e. The SMILES string of the molecule is COC1CCC(C(=O)Oc2ccc(C=CC(=O)OCC(C)(C)c3ccc(N)cc3N)cc2)CC1. The number of rotatable bonds is 8. The molecule has 2 aromatic carbocycles. The van der Waals surface area contributed by atoms with Gasteiger partial charge < -0.3 is 25.7 Å². The molecular weight excluding hydrogens is 432 g/mol. The molecule has 1 fully saturated rings. The third kappa shape index (κ3) is 6.84. The maximum absolute atomic E-state index is 12.4. The van der Waals surface area contributed by atoms with Gasteiger partial charge in [-0.2, -0.15) is 0 Å². The summed E-state index contributed by atoms with van der Waals surface area (Å²) >= 11 is 0. The molecule has 0 radical (unpaired) electrons. The second-order valence-electron chi connectivity index (χ2n) is 9.37. The summed E-state index contributed by atoms with van der Waals surface area (Å²) in [4.78, 5) is 24.6. The zero-order chi connectivity index (χ0) is 24.7. The summed E-state index contributed by atoms with van der Waals surface area (Å²) in [6, 6.07) is 12.3. The minimum Gasteiger partial charge on any atom is -0.462 e. The van der Waals surface area contributed by atoms with Crippen molar-refractivity contribution in [3.8, 4) is 5.75 Å². The van der Waals surface area contributed by atoms with Crippen molar-refractivity contribution in [3.05, 3.63) is 59.7 Å². The summed E-state index contributed by atoms with van der Waals surface area (Å²) in [5, 5.41) is 0. The van der Waals surface area contributed by atoms with Gasteiger partial charge in [0.15, 0.2) is 0 Å². The first-order valence-electron chi connectivity index (χ1n) is 11.5. The Bertz CT molecular complexity index is 1020. The monoisotopic (exact) mass is 466 g/mol. The average Bonchev–Trinajstić information content (AvgIpc) is 2.82. The summed E-state index contributed by atoms with van der Waals surface area (Å²) in [6.07, 6.45) is 6.58. The summed E-state index contributed by atoms with van der Waals surface area (Å²) in [6.45, 7) is 4.08. The van der Waals surface area contributed by atoms with Gasteiger partial charge >= 0.3 is 11.9 Å². The highest BCUT2D eigenvalue weighted by atomic mass is 16.5. The van der Waals surface area contributed by atoms with Crippen molar-refractivity contribution >= 4 is 29.4 Å². The normalized spacial score (nSPS) is 18.6. The van der Waals surface area contributed by atoms with Crippen LogP contribution in [0.4, 0.5) is 11.4 Å². The molecule has 0 aliphatic heterocycles. The molecule has 0 bridgehead atoms. The van der Waals surface area contributed by atoms with Gasteiger partial charge in [-0.15, -0.1) is 0 Å². The number of anilines is 2. The van der Waals surface area contributed by atoms with E-state index in [-0.39, 0.29) is 24.6 Å². The van der Waals surface area contributed by atoms with E-state index >= 15 is 0 Å². The van der Waals surface area contributed by atoms with Crippen LogP contribution in [0.25, 0.3) is 6.08 Å². The summed E-state index contributed by atoms with van der Waals surface area (Å²) in [7, 11) is 1.71. The van der Waals surface area contributed by atoms with Crippen LogP contribution >= 0.6 is 0 Å². The van der Waals surface area contributed by atoms with E-state index in [1.54, 1.807) is 49.6 Å². The van der Waals surface area contributed by atoms with E-state index in [4.69, 9.17) is 25.7 Å². The van der Waals surface area contributed by atoms with Crippen molar-refractivity contribution in [2.45, 2.75) is 51.0 Å². The van der Waals surface area contributed by atoms with Gasteiger partial charge in [0.1, 0.15) is 12.4 Å². The Labute approximate surface area is 201 Å². The van der Waals surface area contributed by atoms with E-state index in [1.807, 2.05) is 19.9 Å². The Morgan fingerprint density at radius 2 is 1.71 bits per heavy atom. The highest BCUT2D eigenvalue weighted by molar-refractivity contribution is 5.87. The second kappa shape index (κ2) is 11.2. The van der Waals surface area contributed by atoms with Crippen LogP contribution in [-0.4, -0.2) is 31.8 Å². The van der Waals surface area contributed by atoms with Crippen LogP contribution in [0.5, 0.6) is 5.75 Å². The molecule has 4 N–H and O–H groups in total. The number of benzene rings is 2. The lowest BCUT2D eigenvalue weighted by atomic mass is 9.84. The molecule has 1 saturated carbocycles. The molecule has 0 saturated heterocycles. The van der Waals surface area contributed by atoms with Gasteiger partial charge in [0.25, 0.3) is 0 Å². The van der Waals surface area contributed by atoms with E-state index in [9.17, 15) is 9.59 Å². The minimum atomic E-state index is -0.463. The highest BCUT2D eigenvalue weighted by Gasteiger charge is 2.28. The molecule has 7 nitrogen and oxygen atoms in total. The van der Waals surface area contributed by atoms with Crippen LogP contribution in [-0.2, 0) is 24.5 Å². The molecule has 3 rings (SSSR count). The largest absolute Gasteiger partial charge is 0.462 e. The Hall–Kier alpha value is -3.32. The summed E-state index contributed by atoms with van der Waals surface area (Å²) < 4.78 is 16.3. The number of esters is 2. The number of carbonyl (C=O) groups excluding carboxylic acids is 2. The number of ether oxygens (including phenoxy) is 3. The Morgan fingerprint density at radius 3 is 2.32 bits per heavy atom. The van der Waals surface area contributed by atoms with Crippen molar-refractivity contribution < 1.29 is 23.8 Å². The lowest BCUT2D eigenvalue weighted by Gasteiger charge is -2.26. The van der Waals surface area contributed by atoms with Gasteiger partial charge in [0, 0.05) is 30.0 Å². The molecule has 0 unspecified atom stereocenters. The lowest BCUT2D eigenvalue weighted by molar-refractivity contribution is -0.141. The third-order valence-corrected chi connectivity index (χ3v) is 6.23. The van der Waals surface area contributed by atoms with Crippen molar-refractivity contribution in [2.75, 3.05) is 25.2 Å². The van der Waals surface area contributed by atoms with Crippen molar-refractivity contribution in [1.29, 1.82) is 0 Å². The molecular formula is C27H34N2O5. The smallest absolute Gasteiger partial charge is 0.330 e. The molecule has 0 aromatic heterocycles. The first-order chi connectivity index (χ1) is 16.2. The van der Waals surface area contributed by atoms with Gasteiger partial charge in [-0.3, -0.25) is 4.79 Å². The van der Waals surface area contributed by atoms with Crippen LogP contribution in [0.2, 0.25) is 0 Å². The fourth-order valence-electron chi connectivity index (χ4n) is 4.12. The number of methoxy groups -OCH3 is 1. The standard InChI is InChI=1S/C27H34N2O5/c1-27(2,23-14-9-20(28)16-24(23)29)17-33-25(30)15-6-18-4-10-22(11-5-18)34-26(31)19-7-12-21(32-3)13-8-19/h4-6,9-11,14-16,19,21H,7-8,12-13,17,28-29H2,1-3H3. The molecule has 7 heteroatoms. The summed E-state index contributed by atoms with van der Waals surface area (Å²) in [5.74, 6) is -0.259. The predicted octanol–water partition coefficient (Wildman–Crippen LogP) is 4.50. The second-order valence-corrected chi connectivity index (χ2v) is 9.37. The molecule has 0 spiro atoms. The fraction of sp³-hybridized carbons (Fsp3) is 0.407. The maximum atomic E-state index is 12.4. The molecule has 34 heavy (non-hydrogen) atoms. The van der Waals surface area contributed by atoms with E-state index in [0.29, 0.717) is 17.1 Å². The fourth-order valence-corrected chi connectivity index (χ4v) is 4.12. The van der Waals surface area contributed by atoms with Crippen LogP contribution in [0.3, 0.4) is 0 Å². The Balaban J connectivity index is 1.49. The summed E-state index contributed by atoms with van der Waals surface area (Å²) in [5.41, 5.74) is 14.2. The first-order valence-corrected chi connectivity index (χ1v) is 11.5. The van der Waals surface area contributed by atoms with E-state index in [1.165, 1.54) is 6.08 Å². The topological polar surface area (TPSA) is 114 Å². The van der Waals surface area contributed by atoms with Crippen LogP contribution in [0.15, 0.2) is 48.5 Å². The third-order valence-electron chi connectivity index (χ3n) is 6.23. The van der Waals surface area contributed by atoms with Crippen molar-refractivity contribution in [2.24, 2.45) is 5.92 Å².